The lowest BCUT2D eigenvalue weighted by Crippen LogP contribution is -1.85. The van der Waals surface area contributed by atoms with Gasteiger partial charge in [0.15, 0.2) is 11.6 Å². The number of phenolic OH excluding ortho intramolecular Hbond substituents is 1. The lowest BCUT2D eigenvalue weighted by atomic mass is 10.2. The summed E-state index contributed by atoms with van der Waals surface area (Å²) >= 11 is 8.57. The summed E-state index contributed by atoms with van der Waals surface area (Å²) in [5, 5.41) is 9.00. The minimum absolute atomic E-state index is 0.0139. The van der Waals surface area contributed by atoms with Crippen molar-refractivity contribution in [1.29, 1.82) is 0 Å². The molecule has 1 aromatic carbocycles. The Labute approximate surface area is 76.9 Å². The molecule has 1 rings (SSSR count). The zero-order valence-corrected chi connectivity index (χ0v) is 8.00. The van der Waals surface area contributed by atoms with Crippen LogP contribution in [0.4, 0.5) is 4.39 Å². The molecule has 0 amide bonds. The summed E-state index contributed by atoms with van der Waals surface area (Å²) in [6, 6.07) is 1.45. The zero-order chi connectivity index (χ0) is 8.59. The van der Waals surface area contributed by atoms with Crippen LogP contribution in [0.25, 0.3) is 0 Å². The van der Waals surface area contributed by atoms with Gasteiger partial charge in [-0.1, -0.05) is 27.5 Å². The van der Waals surface area contributed by atoms with Crippen LogP contribution in [-0.2, 0) is 0 Å². The van der Waals surface area contributed by atoms with Crippen LogP contribution in [0, 0.1) is 12.7 Å². The Morgan fingerprint density at radius 3 is 2.73 bits per heavy atom. The normalized spacial score (nSPS) is 10.2. The molecule has 0 atom stereocenters. The largest absolute Gasteiger partial charge is 0.504 e. The average molecular weight is 239 g/mol. The maximum Gasteiger partial charge on any atom is 0.170 e. The van der Waals surface area contributed by atoms with Crippen molar-refractivity contribution in [3.05, 3.63) is 26.9 Å². The molecule has 0 bridgehead atoms. The molecule has 1 nitrogen and oxygen atoms in total. The van der Waals surface area contributed by atoms with Crippen molar-refractivity contribution < 1.29 is 9.50 Å². The maximum absolute atomic E-state index is 12.9. The van der Waals surface area contributed by atoms with Gasteiger partial charge in [-0.05, 0) is 13.0 Å². The smallest absolute Gasteiger partial charge is 0.170 e. The van der Waals surface area contributed by atoms with Crippen molar-refractivity contribution in [1.82, 2.24) is 0 Å². The van der Waals surface area contributed by atoms with Crippen LogP contribution in [0.5, 0.6) is 5.75 Å². The van der Waals surface area contributed by atoms with Gasteiger partial charge in [-0.15, -0.1) is 0 Å². The molecule has 0 saturated heterocycles. The number of rotatable bonds is 0. The molecule has 0 aliphatic heterocycles. The van der Waals surface area contributed by atoms with Gasteiger partial charge >= 0.3 is 0 Å². The molecule has 11 heavy (non-hydrogen) atoms. The van der Waals surface area contributed by atoms with Crippen molar-refractivity contribution >= 4 is 27.5 Å². The number of hydrogen-bond acceptors (Lipinski definition) is 1. The van der Waals surface area contributed by atoms with E-state index in [0.717, 1.165) is 0 Å². The summed E-state index contributed by atoms with van der Waals surface area (Å²) in [7, 11) is 0. The van der Waals surface area contributed by atoms with E-state index in [0.29, 0.717) is 10.0 Å². The molecule has 0 radical (unpaired) electrons. The predicted molar refractivity (Wildman–Crippen MR) is 45.5 cm³/mol. The lowest BCUT2D eigenvalue weighted by Gasteiger charge is -2.03. The van der Waals surface area contributed by atoms with E-state index in [4.69, 9.17) is 16.7 Å². The maximum atomic E-state index is 12.9. The van der Waals surface area contributed by atoms with E-state index < -0.39 is 11.6 Å². The summed E-state index contributed by atoms with van der Waals surface area (Å²) in [6.07, 6.45) is 0. The fourth-order valence-corrected chi connectivity index (χ4v) is 1.40. The average Bonchev–Trinajstić information content (AvgIpc) is 1.97. The third kappa shape index (κ3) is 1.49. The van der Waals surface area contributed by atoms with Crippen LogP contribution in [0.1, 0.15) is 5.56 Å². The van der Waals surface area contributed by atoms with Crippen molar-refractivity contribution in [3.8, 4) is 5.75 Å². The predicted octanol–water partition coefficient (Wildman–Crippen LogP) is 3.26. The van der Waals surface area contributed by atoms with Gasteiger partial charge in [0.2, 0.25) is 0 Å². The van der Waals surface area contributed by atoms with Crippen molar-refractivity contribution in [2.24, 2.45) is 0 Å². The molecule has 0 spiro atoms. The van der Waals surface area contributed by atoms with Crippen molar-refractivity contribution in [2.45, 2.75) is 6.92 Å². The Kier molecular flexibility index (Phi) is 2.40. The van der Waals surface area contributed by atoms with Gasteiger partial charge in [0.1, 0.15) is 0 Å². The SMILES string of the molecule is Cc1c(Br)cc(Cl)c(O)c1F. The van der Waals surface area contributed by atoms with Gasteiger partial charge in [-0.3, -0.25) is 0 Å². The Morgan fingerprint density at radius 1 is 1.64 bits per heavy atom. The minimum atomic E-state index is -0.677. The van der Waals surface area contributed by atoms with Gasteiger partial charge in [-0.2, -0.15) is 0 Å². The Balaban J connectivity index is 3.46. The van der Waals surface area contributed by atoms with Gasteiger partial charge in [0.05, 0.1) is 5.02 Å². The summed E-state index contributed by atoms with van der Waals surface area (Å²) in [6.45, 7) is 1.55. The molecule has 0 unspecified atom stereocenters. The highest BCUT2D eigenvalue weighted by Crippen LogP contribution is 2.33. The highest BCUT2D eigenvalue weighted by atomic mass is 79.9. The van der Waals surface area contributed by atoms with Gasteiger partial charge in [0, 0.05) is 10.0 Å². The number of benzene rings is 1. The highest BCUT2D eigenvalue weighted by molar-refractivity contribution is 9.10. The Hall–Kier alpha value is -0.280. The second-order valence-corrected chi connectivity index (χ2v) is 3.39. The molecule has 4 heteroatoms. The molecule has 0 saturated carbocycles. The molecule has 0 aliphatic carbocycles. The monoisotopic (exact) mass is 238 g/mol. The highest BCUT2D eigenvalue weighted by Gasteiger charge is 2.11. The lowest BCUT2D eigenvalue weighted by molar-refractivity contribution is 0.430. The standard InChI is InChI=1S/C7H5BrClFO/c1-3-4(8)2-5(9)7(11)6(3)10/h2,11H,1H3. The van der Waals surface area contributed by atoms with E-state index in [1.165, 1.54) is 6.07 Å². The van der Waals surface area contributed by atoms with Crippen molar-refractivity contribution in [2.75, 3.05) is 0 Å². The molecule has 0 aliphatic rings. The molecule has 0 aromatic heterocycles. The minimum Gasteiger partial charge on any atom is -0.504 e. The molecular weight excluding hydrogens is 234 g/mol. The number of hydrogen-bond donors (Lipinski definition) is 1. The Bertz CT molecular complexity index is 275. The first-order valence-corrected chi connectivity index (χ1v) is 4.04. The first kappa shape index (κ1) is 8.81. The van der Waals surface area contributed by atoms with E-state index in [1.807, 2.05) is 0 Å². The van der Waals surface area contributed by atoms with E-state index in [2.05, 4.69) is 15.9 Å². The Morgan fingerprint density at radius 2 is 2.18 bits per heavy atom. The topological polar surface area (TPSA) is 20.2 Å². The molecule has 0 fully saturated rings. The number of phenols is 1. The molecule has 60 valence electrons. The second-order valence-electron chi connectivity index (χ2n) is 2.13. The van der Waals surface area contributed by atoms with Crippen molar-refractivity contribution in [3.63, 3.8) is 0 Å². The van der Waals surface area contributed by atoms with Gasteiger partial charge < -0.3 is 5.11 Å². The first-order chi connectivity index (χ1) is 5.04. The quantitative estimate of drug-likeness (QED) is 0.737. The van der Waals surface area contributed by atoms with Crippen LogP contribution in [0.2, 0.25) is 5.02 Å². The molecule has 1 N–H and O–H groups in total. The molecule has 0 heterocycles. The number of aromatic hydroxyl groups is 1. The van der Waals surface area contributed by atoms with E-state index in [9.17, 15) is 4.39 Å². The zero-order valence-electron chi connectivity index (χ0n) is 5.66. The van der Waals surface area contributed by atoms with Gasteiger partial charge in [-0.25, -0.2) is 4.39 Å². The fourth-order valence-electron chi connectivity index (χ4n) is 0.675. The van der Waals surface area contributed by atoms with Crippen LogP contribution in [0.3, 0.4) is 0 Å². The van der Waals surface area contributed by atoms with E-state index in [1.54, 1.807) is 6.92 Å². The van der Waals surface area contributed by atoms with Crippen LogP contribution in [0.15, 0.2) is 10.5 Å². The van der Waals surface area contributed by atoms with Crippen LogP contribution in [-0.4, -0.2) is 5.11 Å². The summed E-state index contributed by atoms with van der Waals surface area (Å²) < 4.78 is 13.4. The van der Waals surface area contributed by atoms with Gasteiger partial charge in [0.25, 0.3) is 0 Å². The second kappa shape index (κ2) is 2.99. The third-order valence-corrected chi connectivity index (χ3v) is 2.49. The first-order valence-electron chi connectivity index (χ1n) is 2.87. The molecular formula is C7H5BrClFO. The van der Waals surface area contributed by atoms with Crippen LogP contribution >= 0.6 is 27.5 Å². The summed E-state index contributed by atoms with van der Waals surface area (Å²) in [5.74, 6) is -1.17. The summed E-state index contributed by atoms with van der Waals surface area (Å²) in [4.78, 5) is 0. The van der Waals surface area contributed by atoms with E-state index >= 15 is 0 Å². The number of halogens is 3. The fraction of sp³-hybridized carbons (Fsp3) is 0.143. The molecule has 1 aromatic rings. The van der Waals surface area contributed by atoms with Crippen LogP contribution < -0.4 is 0 Å². The third-order valence-electron chi connectivity index (χ3n) is 1.38. The summed E-state index contributed by atoms with van der Waals surface area (Å²) in [5.41, 5.74) is 0.354. The van der Waals surface area contributed by atoms with E-state index in [-0.39, 0.29) is 5.02 Å².